The Labute approximate surface area is 177 Å². The van der Waals surface area contributed by atoms with Gasteiger partial charge in [-0.3, -0.25) is 0 Å². The second-order valence-electron chi connectivity index (χ2n) is 8.37. The van der Waals surface area contributed by atoms with Crippen molar-refractivity contribution in [3.8, 4) is 0 Å². The molecular formula is C25H35NOS. The van der Waals surface area contributed by atoms with Crippen LogP contribution >= 0.6 is 12.6 Å². The van der Waals surface area contributed by atoms with Crippen LogP contribution in [0.2, 0.25) is 0 Å². The Morgan fingerprint density at radius 1 is 1.00 bits per heavy atom. The van der Waals surface area contributed by atoms with E-state index in [1.807, 2.05) is 0 Å². The number of nitrogens with zero attached hydrogens (tertiary/aromatic N) is 1. The van der Waals surface area contributed by atoms with Gasteiger partial charge in [-0.05, 0) is 82.0 Å². The van der Waals surface area contributed by atoms with Gasteiger partial charge in [-0.2, -0.15) is 12.6 Å². The summed E-state index contributed by atoms with van der Waals surface area (Å²) in [5.41, 5.74) is 6.81. The highest BCUT2D eigenvalue weighted by Crippen LogP contribution is 2.25. The molecule has 3 rings (SSSR count). The van der Waals surface area contributed by atoms with Gasteiger partial charge in [0.05, 0.1) is 0 Å². The summed E-state index contributed by atoms with van der Waals surface area (Å²) >= 11 is 3.53. The molecule has 0 unspecified atom stereocenters. The van der Waals surface area contributed by atoms with Crippen molar-refractivity contribution in [2.75, 3.05) is 12.8 Å². The predicted octanol–water partition coefficient (Wildman–Crippen LogP) is 5.97. The molecule has 2 aromatic carbocycles. The molecule has 0 N–H and O–H groups in total. The third-order valence-corrected chi connectivity index (χ3v) is 4.88. The molecule has 0 fully saturated rings. The van der Waals surface area contributed by atoms with Gasteiger partial charge in [0.1, 0.15) is 5.60 Å². The van der Waals surface area contributed by atoms with Crippen LogP contribution in [-0.2, 0) is 30.5 Å². The van der Waals surface area contributed by atoms with Gasteiger partial charge in [0.25, 0.3) is 0 Å². The van der Waals surface area contributed by atoms with Gasteiger partial charge in [0, 0.05) is 13.1 Å². The van der Waals surface area contributed by atoms with Crippen molar-refractivity contribution < 1.29 is 4.74 Å². The van der Waals surface area contributed by atoms with Crippen molar-refractivity contribution in [3.63, 3.8) is 0 Å². The van der Waals surface area contributed by atoms with Crippen molar-refractivity contribution in [1.29, 1.82) is 0 Å². The van der Waals surface area contributed by atoms with Gasteiger partial charge in [-0.15, -0.1) is 0 Å². The van der Waals surface area contributed by atoms with Gasteiger partial charge >= 0.3 is 0 Å². The number of benzene rings is 2. The van der Waals surface area contributed by atoms with E-state index >= 15 is 0 Å². The lowest BCUT2D eigenvalue weighted by atomic mass is 9.95. The third kappa shape index (κ3) is 6.63. The first kappa shape index (κ1) is 22.4. The topological polar surface area (TPSA) is 12.5 Å². The van der Waals surface area contributed by atoms with E-state index in [1.54, 1.807) is 6.26 Å². The molecule has 28 heavy (non-hydrogen) atoms. The highest BCUT2D eigenvalue weighted by molar-refractivity contribution is 7.79. The fourth-order valence-corrected chi connectivity index (χ4v) is 3.44. The Balaban J connectivity index is 0.00000136. The van der Waals surface area contributed by atoms with E-state index in [9.17, 15) is 0 Å². The minimum Gasteiger partial charge on any atom is -0.474 e. The van der Waals surface area contributed by atoms with Gasteiger partial charge in [-0.25, -0.2) is 0 Å². The molecule has 152 valence electrons. The Morgan fingerprint density at radius 2 is 1.61 bits per heavy atom. The summed E-state index contributed by atoms with van der Waals surface area (Å²) in [6.45, 7) is 14.4. The van der Waals surface area contributed by atoms with E-state index in [0.717, 1.165) is 38.2 Å². The lowest BCUT2D eigenvalue weighted by Crippen LogP contribution is -2.33. The van der Waals surface area contributed by atoms with Crippen LogP contribution in [0.3, 0.4) is 0 Å². The van der Waals surface area contributed by atoms with Crippen LogP contribution in [-0.4, -0.2) is 23.3 Å². The van der Waals surface area contributed by atoms with Gasteiger partial charge < -0.3 is 9.64 Å². The smallest absolute Gasteiger partial charge is 0.182 e. The van der Waals surface area contributed by atoms with Crippen LogP contribution in [0.1, 0.15) is 48.6 Å². The summed E-state index contributed by atoms with van der Waals surface area (Å²) in [4.78, 5) is 2.26. The van der Waals surface area contributed by atoms with Crippen LogP contribution < -0.4 is 0 Å². The molecule has 2 nitrogen and oxygen atoms in total. The lowest BCUT2D eigenvalue weighted by molar-refractivity contribution is -0.000689. The number of aryl methyl sites for hydroxylation is 3. The average Bonchev–Trinajstić information content (AvgIpc) is 2.67. The van der Waals surface area contributed by atoms with Crippen molar-refractivity contribution in [3.05, 3.63) is 82.7 Å². The molecule has 1 aliphatic heterocycles. The first-order valence-corrected chi connectivity index (χ1v) is 10.9. The zero-order valence-electron chi connectivity index (χ0n) is 18.1. The predicted molar refractivity (Wildman–Crippen MR) is 124 cm³/mol. The third-order valence-electron chi connectivity index (χ3n) is 4.88. The molecule has 2 aromatic rings. The molecule has 0 aromatic heterocycles. The highest BCUT2D eigenvalue weighted by atomic mass is 32.1. The summed E-state index contributed by atoms with van der Waals surface area (Å²) in [5.74, 6) is 0.785. The summed E-state index contributed by atoms with van der Waals surface area (Å²) in [6, 6.07) is 15.8. The van der Waals surface area contributed by atoms with Gasteiger partial charge in [0.2, 0.25) is 0 Å². The van der Waals surface area contributed by atoms with E-state index in [-0.39, 0.29) is 5.60 Å². The Hall–Kier alpha value is -1.87. The molecule has 0 saturated heterocycles. The van der Waals surface area contributed by atoms with Crippen molar-refractivity contribution in [1.82, 2.24) is 4.90 Å². The maximum atomic E-state index is 5.97. The van der Waals surface area contributed by atoms with Crippen LogP contribution in [0.4, 0.5) is 0 Å². The molecule has 0 bridgehead atoms. The van der Waals surface area contributed by atoms with E-state index in [4.69, 9.17) is 4.74 Å². The SMILES string of the molecule is C=C(OC(C)(C)C)N1CCc2ccc(CCc3ccc(C)cc3)cc2C1.CS. The van der Waals surface area contributed by atoms with Gasteiger partial charge in [-0.1, -0.05) is 48.0 Å². The number of thiol groups is 1. The maximum absolute atomic E-state index is 5.97. The molecule has 0 saturated carbocycles. The number of hydrogen-bond donors (Lipinski definition) is 1. The van der Waals surface area contributed by atoms with Crippen molar-refractivity contribution in [2.45, 2.75) is 59.1 Å². The molecular weight excluding hydrogens is 362 g/mol. The van der Waals surface area contributed by atoms with Crippen LogP contribution in [0.25, 0.3) is 0 Å². The monoisotopic (exact) mass is 397 g/mol. The Morgan fingerprint density at radius 3 is 2.25 bits per heavy atom. The molecule has 0 atom stereocenters. The highest BCUT2D eigenvalue weighted by Gasteiger charge is 2.21. The number of rotatable bonds is 5. The quantitative estimate of drug-likeness (QED) is 0.493. The number of fused-ring (bicyclic) bond motifs is 1. The summed E-state index contributed by atoms with van der Waals surface area (Å²) < 4.78 is 5.97. The summed E-state index contributed by atoms with van der Waals surface area (Å²) in [6.07, 6.45) is 4.92. The molecule has 0 aliphatic carbocycles. The molecule has 1 aliphatic rings. The fourth-order valence-electron chi connectivity index (χ4n) is 3.44. The van der Waals surface area contributed by atoms with Crippen LogP contribution in [0, 0.1) is 6.92 Å². The average molecular weight is 398 g/mol. The lowest BCUT2D eigenvalue weighted by Gasteiger charge is -2.35. The summed E-state index contributed by atoms with van der Waals surface area (Å²) in [7, 11) is 0. The standard InChI is InChI=1S/C24H31NO.CH4S/c1-18-6-8-20(9-7-18)10-11-21-12-13-22-14-15-25(17-23(22)16-21)19(2)26-24(3,4)5;1-2/h6-9,12-13,16H,2,10-11,14-15,17H2,1,3-5H3;2H,1H3. The molecule has 3 heteroatoms. The number of hydrogen-bond acceptors (Lipinski definition) is 3. The Bertz CT molecular complexity index is 774. The fraction of sp³-hybridized carbons (Fsp3) is 0.440. The zero-order valence-corrected chi connectivity index (χ0v) is 19.0. The first-order chi connectivity index (χ1) is 13.3. The zero-order chi connectivity index (χ0) is 20.7. The first-order valence-electron chi connectivity index (χ1n) is 10.0. The minimum atomic E-state index is -0.201. The minimum absolute atomic E-state index is 0.201. The Kier molecular flexibility index (Phi) is 8.06. The number of ether oxygens (including phenoxy) is 1. The molecule has 0 amide bonds. The normalized spacial score (nSPS) is 13.3. The second-order valence-corrected chi connectivity index (χ2v) is 8.37. The second kappa shape index (κ2) is 10.1. The molecule has 0 spiro atoms. The van der Waals surface area contributed by atoms with Crippen LogP contribution in [0.5, 0.6) is 0 Å². The van der Waals surface area contributed by atoms with E-state index in [1.165, 1.54) is 27.8 Å². The maximum Gasteiger partial charge on any atom is 0.182 e. The van der Waals surface area contributed by atoms with E-state index in [0.29, 0.717) is 0 Å². The van der Waals surface area contributed by atoms with Crippen molar-refractivity contribution in [2.24, 2.45) is 0 Å². The molecule has 1 heterocycles. The molecule has 0 radical (unpaired) electrons. The van der Waals surface area contributed by atoms with E-state index in [2.05, 4.69) is 94.3 Å². The summed E-state index contributed by atoms with van der Waals surface area (Å²) in [5, 5.41) is 0. The van der Waals surface area contributed by atoms with Crippen LogP contribution in [0.15, 0.2) is 54.9 Å². The van der Waals surface area contributed by atoms with E-state index < -0.39 is 0 Å². The largest absolute Gasteiger partial charge is 0.474 e. The van der Waals surface area contributed by atoms with Gasteiger partial charge in [0.15, 0.2) is 5.88 Å². The van der Waals surface area contributed by atoms with Crippen molar-refractivity contribution >= 4 is 12.6 Å².